The number of amides is 1. The third-order valence-corrected chi connectivity index (χ3v) is 4.44. The second kappa shape index (κ2) is 7.85. The molecule has 154 valence electrons. The van der Waals surface area contributed by atoms with Crippen LogP contribution in [0.25, 0.3) is 11.0 Å². The molecule has 3 aromatic rings. The molecule has 0 unspecified atom stereocenters. The van der Waals surface area contributed by atoms with E-state index in [1.165, 1.54) is 23.1 Å². The van der Waals surface area contributed by atoms with E-state index in [-0.39, 0.29) is 16.8 Å². The first-order chi connectivity index (χ1) is 13.5. The summed E-state index contributed by atoms with van der Waals surface area (Å²) in [7, 11) is 1.62. The molecule has 12 heteroatoms. The van der Waals surface area contributed by atoms with Gasteiger partial charge in [-0.3, -0.25) is 14.2 Å². The van der Waals surface area contributed by atoms with Crippen molar-refractivity contribution in [2.45, 2.75) is 19.6 Å². The molecule has 3 rings (SSSR count). The first-order valence-electron chi connectivity index (χ1n) is 8.23. The van der Waals surface area contributed by atoms with Gasteiger partial charge < -0.3 is 10.1 Å². The predicted molar refractivity (Wildman–Crippen MR) is 102 cm³/mol. The van der Waals surface area contributed by atoms with Crippen molar-refractivity contribution in [3.8, 4) is 5.75 Å². The Kier molecular flexibility index (Phi) is 5.64. The van der Waals surface area contributed by atoms with E-state index in [1.807, 2.05) is 0 Å². The third-order valence-electron chi connectivity index (χ3n) is 3.88. The highest BCUT2D eigenvalue weighted by Gasteiger charge is 2.29. The smallest absolute Gasteiger partial charge is 0.422 e. The van der Waals surface area contributed by atoms with Crippen molar-refractivity contribution in [3.05, 3.63) is 45.0 Å². The number of benzene rings is 1. The highest BCUT2D eigenvalue weighted by molar-refractivity contribution is 9.10. The van der Waals surface area contributed by atoms with E-state index < -0.39 is 30.8 Å². The average molecular weight is 474 g/mol. The van der Waals surface area contributed by atoms with Gasteiger partial charge in [0.25, 0.3) is 5.56 Å². The van der Waals surface area contributed by atoms with Gasteiger partial charge in [-0.05, 0) is 40.5 Å². The molecule has 0 saturated heterocycles. The zero-order valence-electron chi connectivity index (χ0n) is 15.2. The van der Waals surface area contributed by atoms with Crippen LogP contribution in [0.5, 0.6) is 5.75 Å². The van der Waals surface area contributed by atoms with Crippen molar-refractivity contribution in [3.63, 3.8) is 0 Å². The summed E-state index contributed by atoms with van der Waals surface area (Å²) in [6, 6.07) is 4.43. The van der Waals surface area contributed by atoms with Crippen LogP contribution in [0, 0.1) is 6.92 Å². The molecule has 8 nitrogen and oxygen atoms in total. The summed E-state index contributed by atoms with van der Waals surface area (Å²) < 4.78 is 45.0. The normalized spacial score (nSPS) is 11.7. The standard InChI is InChI=1S/C17H15BrF3N5O3/c1-9-3-4-10(11(5-9)29-7-17(19,20)21)23-12(27)6-26-8-22-15-13(16(26)28)14(18)24-25(15)2/h3-5,8H,6-7H2,1-2H3,(H,23,27). The molecule has 0 bridgehead atoms. The number of alkyl halides is 3. The zero-order chi connectivity index (χ0) is 21.3. The molecule has 0 aliphatic rings. The second-order valence-corrected chi connectivity index (χ2v) is 6.99. The second-order valence-electron chi connectivity index (χ2n) is 6.24. The summed E-state index contributed by atoms with van der Waals surface area (Å²) in [4.78, 5) is 29.1. The molecular formula is C17H15BrF3N5O3. The van der Waals surface area contributed by atoms with Gasteiger partial charge >= 0.3 is 6.18 Å². The Morgan fingerprint density at radius 3 is 2.76 bits per heavy atom. The van der Waals surface area contributed by atoms with Crippen molar-refractivity contribution in [2.75, 3.05) is 11.9 Å². The van der Waals surface area contributed by atoms with E-state index in [0.29, 0.717) is 15.8 Å². The van der Waals surface area contributed by atoms with Gasteiger partial charge in [0.2, 0.25) is 5.91 Å². The number of ether oxygens (including phenoxy) is 1. The van der Waals surface area contributed by atoms with Gasteiger partial charge in [0.1, 0.15) is 28.6 Å². The van der Waals surface area contributed by atoms with Crippen LogP contribution in [0.3, 0.4) is 0 Å². The minimum Gasteiger partial charge on any atom is -0.482 e. The minimum absolute atomic E-state index is 0.0643. The van der Waals surface area contributed by atoms with Crippen molar-refractivity contribution in [2.24, 2.45) is 7.05 Å². The maximum atomic E-state index is 12.6. The van der Waals surface area contributed by atoms with Crippen molar-refractivity contribution in [1.29, 1.82) is 0 Å². The quantitative estimate of drug-likeness (QED) is 0.615. The Balaban J connectivity index is 1.81. The van der Waals surface area contributed by atoms with Crippen LogP contribution in [0.4, 0.5) is 18.9 Å². The van der Waals surface area contributed by atoms with Crippen LogP contribution < -0.4 is 15.6 Å². The number of fused-ring (bicyclic) bond motifs is 1. The molecule has 1 amide bonds. The Labute approximate surface area is 170 Å². The number of hydrogen-bond acceptors (Lipinski definition) is 5. The number of hydrogen-bond donors (Lipinski definition) is 1. The number of carbonyl (C=O) groups is 1. The van der Waals surface area contributed by atoms with Crippen LogP contribution in [-0.2, 0) is 18.4 Å². The summed E-state index contributed by atoms with van der Waals surface area (Å²) in [5.41, 5.74) is 0.587. The third kappa shape index (κ3) is 4.75. The Bertz CT molecular complexity index is 1140. The number of halogens is 4. The molecule has 0 spiro atoms. The van der Waals surface area contributed by atoms with E-state index in [2.05, 4.69) is 31.3 Å². The van der Waals surface area contributed by atoms with Crippen molar-refractivity contribution >= 4 is 38.6 Å². The molecular weight excluding hydrogens is 459 g/mol. The Morgan fingerprint density at radius 1 is 1.34 bits per heavy atom. The number of nitrogens with zero attached hydrogens (tertiary/aromatic N) is 4. The fraction of sp³-hybridized carbons (Fsp3) is 0.294. The highest BCUT2D eigenvalue weighted by Crippen LogP contribution is 2.28. The molecule has 2 heterocycles. The minimum atomic E-state index is -4.52. The Morgan fingerprint density at radius 2 is 2.07 bits per heavy atom. The maximum Gasteiger partial charge on any atom is 0.422 e. The van der Waals surface area contributed by atoms with Gasteiger partial charge in [-0.2, -0.15) is 18.3 Å². The lowest BCUT2D eigenvalue weighted by Crippen LogP contribution is -2.28. The fourth-order valence-electron chi connectivity index (χ4n) is 2.60. The maximum absolute atomic E-state index is 12.6. The highest BCUT2D eigenvalue weighted by atomic mass is 79.9. The molecule has 0 saturated carbocycles. The van der Waals surface area contributed by atoms with Crippen LogP contribution in [0.2, 0.25) is 0 Å². The predicted octanol–water partition coefficient (Wildman–Crippen LogP) is 2.78. The van der Waals surface area contributed by atoms with Crippen LogP contribution in [0.15, 0.2) is 33.9 Å². The van der Waals surface area contributed by atoms with Crippen molar-refractivity contribution < 1.29 is 22.7 Å². The van der Waals surface area contributed by atoms with Gasteiger partial charge in [0.15, 0.2) is 12.3 Å². The SMILES string of the molecule is Cc1ccc(NC(=O)Cn2cnc3c(c(Br)nn3C)c2=O)c(OCC(F)(F)F)c1. The van der Waals surface area contributed by atoms with Crippen LogP contribution >= 0.6 is 15.9 Å². The molecule has 0 aliphatic heterocycles. The molecule has 29 heavy (non-hydrogen) atoms. The first-order valence-corrected chi connectivity index (χ1v) is 9.02. The monoisotopic (exact) mass is 473 g/mol. The largest absolute Gasteiger partial charge is 0.482 e. The first kappa shape index (κ1) is 20.8. The fourth-order valence-corrected chi connectivity index (χ4v) is 3.19. The number of aromatic nitrogens is 4. The summed E-state index contributed by atoms with van der Waals surface area (Å²) >= 11 is 3.18. The molecule has 0 atom stereocenters. The number of nitrogens with one attached hydrogen (secondary N) is 1. The Hall–Kier alpha value is -2.89. The summed E-state index contributed by atoms with van der Waals surface area (Å²) in [5.74, 6) is -0.749. The molecule has 1 aromatic carbocycles. The molecule has 0 fully saturated rings. The molecule has 0 radical (unpaired) electrons. The van der Waals surface area contributed by atoms with E-state index in [9.17, 15) is 22.8 Å². The van der Waals surface area contributed by atoms with E-state index in [1.54, 1.807) is 20.0 Å². The average Bonchev–Trinajstić information content (AvgIpc) is 2.91. The molecule has 0 aliphatic carbocycles. The van der Waals surface area contributed by atoms with Crippen molar-refractivity contribution in [1.82, 2.24) is 19.3 Å². The number of rotatable bonds is 5. The lowest BCUT2D eigenvalue weighted by Gasteiger charge is -2.15. The number of carbonyl (C=O) groups excluding carboxylic acids is 1. The van der Waals surface area contributed by atoms with Crippen LogP contribution in [0.1, 0.15) is 5.56 Å². The summed E-state index contributed by atoms with van der Waals surface area (Å²) in [6.45, 7) is -0.206. The lowest BCUT2D eigenvalue weighted by molar-refractivity contribution is -0.153. The van der Waals surface area contributed by atoms with Gasteiger partial charge in [-0.15, -0.1) is 0 Å². The van der Waals surface area contributed by atoms with Crippen LogP contribution in [-0.4, -0.2) is 38.0 Å². The van der Waals surface area contributed by atoms with E-state index >= 15 is 0 Å². The topological polar surface area (TPSA) is 91.0 Å². The summed E-state index contributed by atoms with van der Waals surface area (Å²) in [6.07, 6.45) is -3.31. The number of anilines is 1. The van der Waals surface area contributed by atoms with Gasteiger partial charge in [0.05, 0.1) is 5.69 Å². The molecule has 1 N–H and O–H groups in total. The van der Waals surface area contributed by atoms with Gasteiger partial charge in [-0.1, -0.05) is 6.07 Å². The van der Waals surface area contributed by atoms with Gasteiger partial charge in [-0.25, -0.2) is 9.67 Å². The van der Waals surface area contributed by atoms with Gasteiger partial charge in [0, 0.05) is 7.05 Å². The zero-order valence-corrected chi connectivity index (χ0v) is 16.8. The number of aryl methyl sites for hydroxylation is 2. The van der Waals surface area contributed by atoms with E-state index in [4.69, 9.17) is 4.74 Å². The summed E-state index contributed by atoms with van der Waals surface area (Å²) in [5, 5.41) is 6.73. The molecule has 2 aromatic heterocycles. The lowest BCUT2D eigenvalue weighted by atomic mass is 10.2. The van der Waals surface area contributed by atoms with E-state index in [0.717, 1.165) is 4.57 Å².